The van der Waals surface area contributed by atoms with Crippen molar-refractivity contribution in [1.29, 1.82) is 0 Å². The molecule has 6 nitrogen and oxygen atoms in total. The summed E-state index contributed by atoms with van der Waals surface area (Å²) in [5.41, 5.74) is 1.02. The van der Waals surface area contributed by atoms with Crippen molar-refractivity contribution < 1.29 is 22.8 Å². The molecule has 10 heteroatoms. The van der Waals surface area contributed by atoms with Gasteiger partial charge in [0.2, 0.25) is 0 Å². The molecule has 4 rings (SSSR count). The lowest BCUT2D eigenvalue weighted by Crippen LogP contribution is -2.33. The summed E-state index contributed by atoms with van der Waals surface area (Å²) < 4.78 is 40.4. The van der Waals surface area contributed by atoms with Gasteiger partial charge in [0, 0.05) is 26.6 Å². The standard InChI is InChI=1S/C25H18Cl2NO5PS/c26-21-14-22(27)16-23(15-21)35(32,33)28(17-34(29,30)31)25-20(11-10-18-6-2-1-3-7-18)13-12-19-8-4-5-9-24(19)25/h1-9,12-16H,17H2,(H2,29,30,31). The van der Waals surface area contributed by atoms with Gasteiger partial charge in [0.15, 0.2) is 0 Å². The molecule has 2 N–H and O–H groups in total. The second-order valence-corrected chi connectivity index (χ2v) is 11.9. The first kappa shape index (κ1) is 25.3. The van der Waals surface area contributed by atoms with Crippen LogP contribution in [0.2, 0.25) is 10.0 Å². The van der Waals surface area contributed by atoms with Crippen LogP contribution in [0.15, 0.2) is 89.8 Å². The van der Waals surface area contributed by atoms with E-state index in [1.54, 1.807) is 48.5 Å². The average molecular weight is 546 g/mol. The van der Waals surface area contributed by atoms with Crippen molar-refractivity contribution in [3.8, 4) is 11.8 Å². The fourth-order valence-electron chi connectivity index (χ4n) is 3.52. The Bertz CT molecular complexity index is 1610. The van der Waals surface area contributed by atoms with E-state index in [4.69, 9.17) is 23.2 Å². The molecular formula is C25H18Cl2NO5PS. The molecule has 0 aliphatic rings. The Hall–Kier alpha value is -2.82. The minimum Gasteiger partial charge on any atom is -0.323 e. The van der Waals surface area contributed by atoms with Gasteiger partial charge < -0.3 is 9.79 Å². The van der Waals surface area contributed by atoms with Crippen LogP contribution in [0, 0.1) is 11.8 Å². The molecule has 0 atom stereocenters. The number of sulfonamides is 1. The lowest BCUT2D eigenvalue weighted by Gasteiger charge is -2.27. The van der Waals surface area contributed by atoms with E-state index in [9.17, 15) is 22.8 Å². The molecule has 0 heterocycles. The lowest BCUT2D eigenvalue weighted by molar-refractivity contribution is 0.373. The summed E-state index contributed by atoms with van der Waals surface area (Å²) in [5, 5.41) is 1.25. The molecule has 0 aliphatic carbocycles. The minimum absolute atomic E-state index is 0.0472. The van der Waals surface area contributed by atoms with Gasteiger partial charge in [-0.15, -0.1) is 0 Å². The first-order valence-electron chi connectivity index (χ1n) is 10.2. The molecule has 0 spiro atoms. The molecule has 0 radical (unpaired) electrons. The fourth-order valence-corrected chi connectivity index (χ4v) is 6.96. The highest BCUT2D eigenvalue weighted by molar-refractivity contribution is 7.93. The Morgan fingerprint density at radius 1 is 0.829 bits per heavy atom. The summed E-state index contributed by atoms with van der Waals surface area (Å²) in [7, 11) is -9.39. The van der Waals surface area contributed by atoms with E-state index in [1.165, 1.54) is 18.2 Å². The quantitative estimate of drug-likeness (QED) is 0.241. The third-order valence-electron chi connectivity index (χ3n) is 5.00. The minimum atomic E-state index is -4.87. The first-order chi connectivity index (χ1) is 16.5. The molecule has 0 amide bonds. The maximum absolute atomic E-state index is 13.8. The molecule has 178 valence electrons. The Morgan fingerprint density at radius 3 is 2.11 bits per heavy atom. The molecule has 0 saturated carbocycles. The monoisotopic (exact) mass is 545 g/mol. The summed E-state index contributed by atoms with van der Waals surface area (Å²) >= 11 is 12.1. The number of halogens is 2. The second-order valence-electron chi connectivity index (χ2n) is 7.56. The summed E-state index contributed by atoms with van der Waals surface area (Å²) in [5.74, 6) is 5.96. The van der Waals surface area contributed by atoms with Gasteiger partial charge in [-0.25, -0.2) is 8.42 Å². The van der Waals surface area contributed by atoms with Crippen molar-refractivity contribution in [2.24, 2.45) is 0 Å². The molecule has 0 unspecified atom stereocenters. The molecular weight excluding hydrogens is 528 g/mol. The van der Waals surface area contributed by atoms with Gasteiger partial charge in [-0.2, -0.15) is 0 Å². The van der Waals surface area contributed by atoms with Gasteiger partial charge in [0.1, 0.15) is 6.29 Å². The summed E-state index contributed by atoms with van der Waals surface area (Å²) in [6.45, 7) is 0. The summed E-state index contributed by atoms with van der Waals surface area (Å²) in [6, 6.07) is 23.1. The molecule has 4 aromatic carbocycles. The van der Waals surface area contributed by atoms with Crippen LogP contribution < -0.4 is 4.31 Å². The average Bonchev–Trinajstić information content (AvgIpc) is 2.80. The third kappa shape index (κ3) is 5.88. The molecule has 0 bridgehead atoms. The van der Waals surface area contributed by atoms with Crippen LogP contribution in [0.25, 0.3) is 10.8 Å². The number of anilines is 1. The van der Waals surface area contributed by atoms with Crippen molar-refractivity contribution in [1.82, 2.24) is 0 Å². The Morgan fingerprint density at radius 2 is 1.46 bits per heavy atom. The summed E-state index contributed by atoms with van der Waals surface area (Å²) in [6.07, 6.45) is -1.10. The molecule has 0 saturated heterocycles. The second kappa shape index (κ2) is 10.0. The highest BCUT2D eigenvalue weighted by atomic mass is 35.5. The van der Waals surface area contributed by atoms with Crippen molar-refractivity contribution in [2.45, 2.75) is 4.90 Å². The maximum Gasteiger partial charge on any atom is 0.345 e. The highest BCUT2D eigenvalue weighted by Crippen LogP contribution is 2.43. The van der Waals surface area contributed by atoms with Crippen LogP contribution in [-0.2, 0) is 14.6 Å². The highest BCUT2D eigenvalue weighted by Gasteiger charge is 2.34. The number of hydrogen-bond acceptors (Lipinski definition) is 3. The smallest absolute Gasteiger partial charge is 0.323 e. The van der Waals surface area contributed by atoms with Crippen molar-refractivity contribution in [2.75, 3.05) is 10.6 Å². The topological polar surface area (TPSA) is 94.9 Å². The predicted octanol–water partition coefficient (Wildman–Crippen LogP) is 5.88. The normalized spacial score (nSPS) is 11.7. The third-order valence-corrected chi connectivity index (χ3v) is 8.00. The molecule has 0 aromatic heterocycles. The van der Waals surface area contributed by atoms with Gasteiger partial charge in [0.25, 0.3) is 10.0 Å². The largest absolute Gasteiger partial charge is 0.345 e. The zero-order chi connectivity index (χ0) is 25.2. The zero-order valence-corrected chi connectivity index (χ0v) is 21.2. The van der Waals surface area contributed by atoms with Crippen molar-refractivity contribution in [3.63, 3.8) is 0 Å². The predicted molar refractivity (Wildman–Crippen MR) is 139 cm³/mol. The van der Waals surface area contributed by atoms with Crippen LogP contribution in [0.4, 0.5) is 5.69 Å². The van der Waals surface area contributed by atoms with Crippen LogP contribution in [0.5, 0.6) is 0 Å². The van der Waals surface area contributed by atoms with E-state index in [0.29, 0.717) is 20.6 Å². The number of nitrogens with zero attached hydrogens (tertiary/aromatic N) is 1. The van der Waals surface area contributed by atoms with E-state index in [1.807, 2.05) is 18.2 Å². The van der Waals surface area contributed by atoms with Crippen molar-refractivity contribution >= 4 is 57.3 Å². The van der Waals surface area contributed by atoms with Gasteiger partial charge in [-0.3, -0.25) is 8.87 Å². The van der Waals surface area contributed by atoms with Gasteiger partial charge >= 0.3 is 7.60 Å². The fraction of sp³-hybridized carbons (Fsp3) is 0.0400. The van der Waals surface area contributed by atoms with Gasteiger partial charge in [0.05, 0.1) is 10.6 Å². The SMILES string of the molecule is O=P(O)(O)CN(c1c(C#Cc2ccccc2)ccc2ccccc12)S(=O)(=O)c1cc(Cl)cc(Cl)c1. The molecule has 0 aliphatic heterocycles. The van der Waals surface area contributed by atoms with E-state index in [0.717, 1.165) is 0 Å². The van der Waals surface area contributed by atoms with Crippen molar-refractivity contribution in [3.05, 3.63) is 106 Å². The van der Waals surface area contributed by atoms with Gasteiger partial charge in [-0.1, -0.05) is 83.6 Å². The summed E-state index contributed by atoms with van der Waals surface area (Å²) in [4.78, 5) is 19.4. The first-order valence-corrected chi connectivity index (χ1v) is 14.2. The van der Waals surface area contributed by atoms with Crippen LogP contribution in [0.3, 0.4) is 0 Å². The Labute approximate surface area is 212 Å². The lowest BCUT2D eigenvalue weighted by atomic mass is 10.0. The Kier molecular flexibility index (Phi) is 7.25. The maximum atomic E-state index is 13.8. The van der Waals surface area contributed by atoms with Crippen LogP contribution >= 0.6 is 30.8 Å². The van der Waals surface area contributed by atoms with Crippen LogP contribution in [-0.4, -0.2) is 24.5 Å². The molecule has 4 aromatic rings. The molecule has 0 fully saturated rings. The number of hydrogen-bond donors (Lipinski definition) is 2. The van der Waals surface area contributed by atoms with E-state index in [2.05, 4.69) is 11.8 Å². The number of benzene rings is 4. The van der Waals surface area contributed by atoms with Crippen LogP contribution in [0.1, 0.15) is 11.1 Å². The molecule has 35 heavy (non-hydrogen) atoms. The van der Waals surface area contributed by atoms with E-state index >= 15 is 0 Å². The number of fused-ring (bicyclic) bond motifs is 1. The van der Waals surface area contributed by atoms with E-state index in [-0.39, 0.29) is 26.2 Å². The zero-order valence-electron chi connectivity index (χ0n) is 18.0. The van der Waals surface area contributed by atoms with E-state index < -0.39 is 23.9 Å². The Balaban J connectivity index is 2.02. The number of rotatable bonds is 5. The van der Waals surface area contributed by atoms with Gasteiger partial charge in [-0.05, 0) is 41.8 Å².